The van der Waals surface area contributed by atoms with Gasteiger partial charge >= 0.3 is 0 Å². The van der Waals surface area contributed by atoms with Crippen LogP contribution in [0.15, 0.2) is 24.3 Å². The van der Waals surface area contributed by atoms with E-state index < -0.39 is 0 Å². The summed E-state index contributed by atoms with van der Waals surface area (Å²) in [5.41, 5.74) is 3.82. The number of hydrazine groups is 1. The first-order valence-corrected chi connectivity index (χ1v) is 6.56. The number of rotatable bonds is 3. The van der Waals surface area contributed by atoms with Crippen molar-refractivity contribution in [1.29, 1.82) is 0 Å². The Morgan fingerprint density at radius 1 is 1.47 bits per heavy atom. The average Bonchev–Trinajstić information content (AvgIpc) is 2.42. The van der Waals surface area contributed by atoms with Gasteiger partial charge in [0.15, 0.2) is 0 Å². The van der Waals surface area contributed by atoms with Crippen LogP contribution in [0.5, 0.6) is 0 Å². The number of amides is 1. The fourth-order valence-electron chi connectivity index (χ4n) is 2.37. The van der Waals surface area contributed by atoms with Gasteiger partial charge in [-0.15, -0.1) is 0 Å². The number of hydrogen-bond donors (Lipinski definition) is 2. The van der Waals surface area contributed by atoms with Gasteiger partial charge in [0.2, 0.25) is 0 Å². The van der Waals surface area contributed by atoms with E-state index in [9.17, 15) is 4.79 Å². The summed E-state index contributed by atoms with van der Waals surface area (Å²) >= 11 is 0. The molecule has 0 bridgehead atoms. The van der Waals surface area contributed by atoms with E-state index in [-0.39, 0.29) is 12.0 Å². The lowest BCUT2D eigenvalue weighted by Crippen LogP contribution is -2.46. The summed E-state index contributed by atoms with van der Waals surface area (Å²) in [5.74, 6) is 4.98. The first-order chi connectivity index (χ1) is 9.11. The quantitative estimate of drug-likeness (QED) is 0.483. The molecule has 1 amide bonds. The van der Waals surface area contributed by atoms with Crippen LogP contribution in [-0.2, 0) is 11.3 Å². The minimum Gasteiger partial charge on any atom is -0.376 e. The lowest BCUT2D eigenvalue weighted by Gasteiger charge is -2.37. The Kier molecular flexibility index (Phi) is 4.52. The lowest BCUT2D eigenvalue weighted by atomic mass is 10.0. The summed E-state index contributed by atoms with van der Waals surface area (Å²) in [4.78, 5) is 14.1. The van der Waals surface area contributed by atoms with E-state index in [4.69, 9.17) is 10.6 Å². The van der Waals surface area contributed by atoms with Gasteiger partial charge in [-0.05, 0) is 25.5 Å². The van der Waals surface area contributed by atoms with Gasteiger partial charge in [0, 0.05) is 24.7 Å². The van der Waals surface area contributed by atoms with Gasteiger partial charge in [-0.3, -0.25) is 15.1 Å². The molecule has 104 valence electrons. The molecule has 1 aromatic carbocycles. The molecule has 2 rings (SSSR count). The van der Waals surface area contributed by atoms with Gasteiger partial charge in [-0.2, -0.15) is 0 Å². The van der Waals surface area contributed by atoms with E-state index in [1.807, 2.05) is 18.2 Å². The molecule has 0 spiro atoms. The molecule has 1 fully saturated rings. The fraction of sp³-hybridized carbons (Fsp3) is 0.500. The van der Waals surface area contributed by atoms with Crippen molar-refractivity contribution < 1.29 is 9.53 Å². The van der Waals surface area contributed by atoms with Crippen molar-refractivity contribution in [3.63, 3.8) is 0 Å². The average molecular weight is 263 g/mol. The molecule has 3 N–H and O–H groups in total. The minimum absolute atomic E-state index is 0.228. The van der Waals surface area contributed by atoms with Crippen molar-refractivity contribution in [2.75, 3.05) is 13.2 Å². The number of carbonyl (C=O) groups excluding carboxylic acids is 1. The monoisotopic (exact) mass is 263 g/mol. The van der Waals surface area contributed by atoms with Crippen molar-refractivity contribution in [2.45, 2.75) is 32.5 Å². The molecule has 5 nitrogen and oxygen atoms in total. The molecule has 1 aromatic rings. The Hall–Kier alpha value is -1.43. The van der Waals surface area contributed by atoms with E-state index >= 15 is 0 Å². The molecule has 1 heterocycles. The Balaban J connectivity index is 2.16. The summed E-state index contributed by atoms with van der Waals surface area (Å²) in [7, 11) is 0. The Morgan fingerprint density at radius 3 is 2.95 bits per heavy atom. The second-order valence-electron chi connectivity index (χ2n) is 5.05. The van der Waals surface area contributed by atoms with Crippen molar-refractivity contribution in [3.8, 4) is 0 Å². The third-order valence-corrected chi connectivity index (χ3v) is 3.50. The van der Waals surface area contributed by atoms with E-state index in [0.717, 1.165) is 25.3 Å². The number of hydrogen-bond acceptors (Lipinski definition) is 4. The van der Waals surface area contributed by atoms with Gasteiger partial charge in [0.1, 0.15) is 0 Å². The molecular weight excluding hydrogens is 242 g/mol. The maximum Gasteiger partial charge on any atom is 0.265 e. The van der Waals surface area contributed by atoms with Crippen LogP contribution < -0.4 is 11.3 Å². The molecule has 0 radical (unpaired) electrons. The zero-order chi connectivity index (χ0) is 13.8. The highest BCUT2D eigenvalue weighted by molar-refractivity contribution is 5.95. The summed E-state index contributed by atoms with van der Waals surface area (Å²) in [6.07, 6.45) is 0.228. The van der Waals surface area contributed by atoms with Crippen LogP contribution in [0.2, 0.25) is 0 Å². The highest BCUT2D eigenvalue weighted by Crippen LogP contribution is 2.17. The molecule has 5 heteroatoms. The standard InChI is InChI=1S/C14H21N3O2/c1-10-9-19-11(2)7-17(10)8-12-5-3-4-6-13(12)14(18)16-15/h3-6,10-11H,7-9,15H2,1-2H3,(H,16,18). The van der Waals surface area contributed by atoms with E-state index in [1.54, 1.807) is 6.07 Å². The zero-order valence-electron chi connectivity index (χ0n) is 11.4. The van der Waals surface area contributed by atoms with E-state index in [0.29, 0.717) is 11.6 Å². The zero-order valence-corrected chi connectivity index (χ0v) is 11.4. The van der Waals surface area contributed by atoms with Crippen LogP contribution >= 0.6 is 0 Å². The van der Waals surface area contributed by atoms with Crippen molar-refractivity contribution in [3.05, 3.63) is 35.4 Å². The molecule has 2 unspecified atom stereocenters. The normalized spacial score (nSPS) is 24.2. The predicted molar refractivity (Wildman–Crippen MR) is 73.4 cm³/mol. The molecule has 1 saturated heterocycles. The predicted octanol–water partition coefficient (Wildman–Crippen LogP) is 0.899. The highest BCUT2D eigenvalue weighted by Gasteiger charge is 2.24. The number of nitrogens with one attached hydrogen (secondary N) is 1. The molecule has 1 aliphatic rings. The largest absolute Gasteiger partial charge is 0.376 e. The number of morpholine rings is 1. The number of nitrogen functional groups attached to an aromatic ring is 1. The number of nitrogens with zero attached hydrogens (tertiary/aromatic N) is 1. The molecule has 2 atom stereocenters. The summed E-state index contributed by atoms with van der Waals surface area (Å²) in [6, 6.07) is 7.91. The summed E-state index contributed by atoms with van der Waals surface area (Å²) in [6.45, 7) is 6.54. The van der Waals surface area contributed by atoms with Crippen LogP contribution in [0.1, 0.15) is 29.8 Å². The Morgan fingerprint density at radius 2 is 2.21 bits per heavy atom. The summed E-state index contributed by atoms with van der Waals surface area (Å²) < 4.78 is 5.62. The highest BCUT2D eigenvalue weighted by atomic mass is 16.5. The van der Waals surface area contributed by atoms with Crippen LogP contribution in [-0.4, -0.2) is 36.1 Å². The smallest absolute Gasteiger partial charge is 0.265 e. The third kappa shape index (κ3) is 3.32. The number of nitrogens with two attached hydrogens (primary N) is 1. The second-order valence-corrected chi connectivity index (χ2v) is 5.05. The van der Waals surface area contributed by atoms with E-state index in [1.165, 1.54) is 0 Å². The Labute approximate surface area is 113 Å². The number of benzene rings is 1. The van der Waals surface area contributed by atoms with Crippen molar-refractivity contribution >= 4 is 5.91 Å². The van der Waals surface area contributed by atoms with Crippen molar-refractivity contribution in [2.24, 2.45) is 5.84 Å². The maximum absolute atomic E-state index is 11.7. The first-order valence-electron chi connectivity index (χ1n) is 6.56. The van der Waals surface area contributed by atoms with Crippen LogP contribution in [0.4, 0.5) is 0 Å². The molecule has 1 aliphatic heterocycles. The van der Waals surface area contributed by atoms with Crippen LogP contribution in [0.25, 0.3) is 0 Å². The summed E-state index contributed by atoms with van der Waals surface area (Å²) in [5, 5.41) is 0. The van der Waals surface area contributed by atoms with Gasteiger partial charge in [-0.25, -0.2) is 5.84 Å². The van der Waals surface area contributed by atoms with Crippen LogP contribution in [0.3, 0.4) is 0 Å². The second kappa shape index (κ2) is 6.14. The fourth-order valence-corrected chi connectivity index (χ4v) is 2.37. The molecular formula is C14H21N3O2. The van der Waals surface area contributed by atoms with Gasteiger partial charge in [-0.1, -0.05) is 18.2 Å². The van der Waals surface area contributed by atoms with Crippen molar-refractivity contribution in [1.82, 2.24) is 10.3 Å². The topological polar surface area (TPSA) is 67.6 Å². The molecule has 0 saturated carbocycles. The molecule has 19 heavy (non-hydrogen) atoms. The maximum atomic E-state index is 11.7. The van der Waals surface area contributed by atoms with Crippen LogP contribution in [0, 0.1) is 0 Å². The van der Waals surface area contributed by atoms with Gasteiger partial charge in [0.25, 0.3) is 5.91 Å². The van der Waals surface area contributed by atoms with Gasteiger partial charge in [0.05, 0.1) is 12.7 Å². The first kappa shape index (κ1) is 14.0. The van der Waals surface area contributed by atoms with E-state index in [2.05, 4.69) is 24.2 Å². The lowest BCUT2D eigenvalue weighted by molar-refractivity contribution is -0.0527. The minimum atomic E-state index is -0.246. The third-order valence-electron chi connectivity index (χ3n) is 3.50. The molecule has 0 aromatic heterocycles. The Bertz CT molecular complexity index is 450. The van der Waals surface area contributed by atoms with Gasteiger partial charge < -0.3 is 4.74 Å². The molecule has 0 aliphatic carbocycles. The number of carbonyl (C=O) groups is 1. The SMILES string of the molecule is CC1CN(Cc2ccccc2C(=O)NN)C(C)CO1. The number of ether oxygens (including phenoxy) is 1.